The van der Waals surface area contributed by atoms with Gasteiger partial charge in [0.15, 0.2) is 0 Å². The van der Waals surface area contributed by atoms with E-state index in [0.717, 1.165) is 6.42 Å². The molecule has 5 N–H and O–H groups in total. The number of amides is 1. The molecule has 0 bridgehead atoms. The SMILES string of the molecule is Nc1ccc(C(=O)NCC2Cc3ccccc32)c(N)c1. The van der Waals surface area contributed by atoms with Crippen molar-refractivity contribution in [2.45, 2.75) is 12.3 Å². The monoisotopic (exact) mass is 267 g/mol. The second kappa shape index (κ2) is 4.89. The van der Waals surface area contributed by atoms with Crippen LogP contribution in [0.2, 0.25) is 0 Å². The molecule has 0 saturated carbocycles. The number of anilines is 2. The van der Waals surface area contributed by atoms with Crippen molar-refractivity contribution in [2.75, 3.05) is 18.0 Å². The Morgan fingerprint density at radius 3 is 2.75 bits per heavy atom. The summed E-state index contributed by atoms with van der Waals surface area (Å²) >= 11 is 0. The van der Waals surface area contributed by atoms with Crippen LogP contribution in [0.1, 0.15) is 27.4 Å². The molecule has 1 aliphatic rings. The Bertz CT molecular complexity index is 667. The first-order chi connectivity index (χ1) is 9.65. The molecule has 0 radical (unpaired) electrons. The van der Waals surface area contributed by atoms with Gasteiger partial charge in [-0.15, -0.1) is 0 Å². The molecule has 0 aliphatic heterocycles. The van der Waals surface area contributed by atoms with Crippen molar-refractivity contribution in [2.24, 2.45) is 0 Å². The lowest BCUT2D eigenvalue weighted by Crippen LogP contribution is -2.33. The molecule has 2 aromatic carbocycles. The minimum Gasteiger partial charge on any atom is -0.399 e. The lowest BCUT2D eigenvalue weighted by molar-refractivity contribution is 0.0951. The van der Waals surface area contributed by atoms with Crippen molar-refractivity contribution in [3.8, 4) is 0 Å². The number of nitrogen functional groups attached to an aromatic ring is 2. The van der Waals surface area contributed by atoms with Gasteiger partial charge in [-0.3, -0.25) is 4.79 Å². The van der Waals surface area contributed by atoms with E-state index < -0.39 is 0 Å². The molecule has 0 aromatic heterocycles. The molecule has 3 rings (SSSR count). The van der Waals surface area contributed by atoms with Gasteiger partial charge in [0.2, 0.25) is 0 Å². The molecule has 0 heterocycles. The molecule has 1 aliphatic carbocycles. The fraction of sp³-hybridized carbons (Fsp3) is 0.188. The Morgan fingerprint density at radius 1 is 1.20 bits per heavy atom. The van der Waals surface area contributed by atoms with Crippen LogP contribution < -0.4 is 16.8 Å². The van der Waals surface area contributed by atoms with E-state index >= 15 is 0 Å². The summed E-state index contributed by atoms with van der Waals surface area (Å²) < 4.78 is 0. The highest BCUT2D eigenvalue weighted by Gasteiger charge is 2.25. The Labute approximate surface area is 117 Å². The third-order valence-corrected chi connectivity index (χ3v) is 3.79. The summed E-state index contributed by atoms with van der Waals surface area (Å²) in [5.41, 5.74) is 15.6. The molecular formula is C16H17N3O. The Hall–Kier alpha value is -2.49. The van der Waals surface area contributed by atoms with Crippen molar-refractivity contribution in [1.29, 1.82) is 0 Å². The van der Waals surface area contributed by atoms with Crippen LogP contribution in [0.25, 0.3) is 0 Å². The molecule has 1 amide bonds. The second-order valence-electron chi connectivity index (χ2n) is 5.16. The van der Waals surface area contributed by atoms with Crippen molar-refractivity contribution < 1.29 is 4.79 Å². The standard InChI is InChI=1S/C16H17N3O/c17-12-5-6-14(15(18)8-12)16(20)19-9-11-7-10-3-1-2-4-13(10)11/h1-6,8,11H,7,9,17-18H2,(H,19,20). The highest BCUT2D eigenvalue weighted by atomic mass is 16.1. The van der Waals surface area contributed by atoms with E-state index in [-0.39, 0.29) is 5.91 Å². The van der Waals surface area contributed by atoms with E-state index in [1.807, 2.05) is 12.1 Å². The summed E-state index contributed by atoms with van der Waals surface area (Å²) in [5.74, 6) is 0.261. The van der Waals surface area contributed by atoms with E-state index in [4.69, 9.17) is 11.5 Å². The number of hydrogen-bond donors (Lipinski definition) is 3. The van der Waals surface area contributed by atoms with Crippen LogP contribution in [0, 0.1) is 0 Å². The zero-order chi connectivity index (χ0) is 14.1. The van der Waals surface area contributed by atoms with Gasteiger partial charge in [-0.05, 0) is 35.7 Å². The van der Waals surface area contributed by atoms with Gasteiger partial charge in [-0.1, -0.05) is 24.3 Å². The molecular weight excluding hydrogens is 250 g/mol. The summed E-state index contributed by atoms with van der Waals surface area (Å²) in [7, 11) is 0. The maximum atomic E-state index is 12.1. The van der Waals surface area contributed by atoms with Crippen LogP contribution in [0.15, 0.2) is 42.5 Å². The Kier molecular flexibility index (Phi) is 3.06. The second-order valence-corrected chi connectivity index (χ2v) is 5.16. The van der Waals surface area contributed by atoms with Crippen LogP contribution in [0.4, 0.5) is 11.4 Å². The number of carbonyl (C=O) groups is 1. The van der Waals surface area contributed by atoms with Crippen molar-refractivity contribution in [3.63, 3.8) is 0 Å². The van der Waals surface area contributed by atoms with Gasteiger partial charge >= 0.3 is 0 Å². The first kappa shape index (κ1) is 12.5. The number of hydrogen-bond acceptors (Lipinski definition) is 3. The molecule has 1 atom stereocenters. The molecule has 1 unspecified atom stereocenters. The number of rotatable bonds is 3. The van der Waals surface area contributed by atoms with Gasteiger partial charge < -0.3 is 16.8 Å². The third-order valence-electron chi connectivity index (χ3n) is 3.79. The van der Waals surface area contributed by atoms with E-state index in [9.17, 15) is 4.79 Å². The highest BCUT2D eigenvalue weighted by molar-refractivity contribution is 5.99. The van der Waals surface area contributed by atoms with E-state index in [2.05, 4.69) is 17.4 Å². The van der Waals surface area contributed by atoms with Crippen LogP contribution >= 0.6 is 0 Å². The fourth-order valence-corrected chi connectivity index (χ4v) is 2.64. The lowest BCUT2D eigenvalue weighted by Gasteiger charge is -2.30. The topological polar surface area (TPSA) is 81.1 Å². The summed E-state index contributed by atoms with van der Waals surface area (Å²) in [4.78, 5) is 12.1. The maximum Gasteiger partial charge on any atom is 0.253 e. The summed E-state index contributed by atoms with van der Waals surface area (Å²) in [6.45, 7) is 0.639. The Balaban J connectivity index is 1.64. The average molecular weight is 267 g/mol. The highest BCUT2D eigenvalue weighted by Crippen LogP contribution is 2.34. The molecule has 4 heteroatoms. The van der Waals surface area contributed by atoms with Crippen molar-refractivity contribution >= 4 is 17.3 Å². The van der Waals surface area contributed by atoms with Crippen LogP contribution in [0.3, 0.4) is 0 Å². The summed E-state index contributed by atoms with van der Waals surface area (Å²) in [6, 6.07) is 13.3. The van der Waals surface area contributed by atoms with Gasteiger partial charge in [0.1, 0.15) is 0 Å². The van der Waals surface area contributed by atoms with Gasteiger partial charge in [-0.2, -0.15) is 0 Å². The minimum atomic E-state index is -0.146. The average Bonchev–Trinajstić information content (AvgIpc) is 2.39. The zero-order valence-electron chi connectivity index (χ0n) is 11.1. The third kappa shape index (κ3) is 2.20. The molecule has 0 spiro atoms. The molecule has 20 heavy (non-hydrogen) atoms. The van der Waals surface area contributed by atoms with Gasteiger partial charge in [0.25, 0.3) is 5.91 Å². The first-order valence-electron chi connectivity index (χ1n) is 6.66. The van der Waals surface area contributed by atoms with Crippen LogP contribution in [-0.4, -0.2) is 12.5 Å². The largest absolute Gasteiger partial charge is 0.399 e. The number of carbonyl (C=O) groups excluding carboxylic acids is 1. The summed E-state index contributed by atoms with van der Waals surface area (Å²) in [5, 5.41) is 2.94. The number of nitrogens with two attached hydrogens (primary N) is 2. The lowest BCUT2D eigenvalue weighted by atomic mass is 9.77. The fourth-order valence-electron chi connectivity index (χ4n) is 2.64. The normalized spacial score (nSPS) is 16.1. The van der Waals surface area contributed by atoms with Crippen molar-refractivity contribution in [3.05, 3.63) is 59.2 Å². The quantitative estimate of drug-likeness (QED) is 0.743. The smallest absolute Gasteiger partial charge is 0.253 e. The molecule has 102 valence electrons. The predicted molar refractivity (Wildman–Crippen MR) is 80.5 cm³/mol. The molecule has 0 saturated heterocycles. The van der Waals surface area contributed by atoms with Crippen LogP contribution in [0.5, 0.6) is 0 Å². The molecule has 4 nitrogen and oxygen atoms in total. The van der Waals surface area contributed by atoms with Gasteiger partial charge in [0.05, 0.1) is 5.56 Å². The maximum absolute atomic E-state index is 12.1. The van der Waals surface area contributed by atoms with E-state index in [0.29, 0.717) is 29.4 Å². The van der Waals surface area contributed by atoms with E-state index in [1.54, 1.807) is 18.2 Å². The number of nitrogens with one attached hydrogen (secondary N) is 1. The van der Waals surface area contributed by atoms with Crippen molar-refractivity contribution in [1.82, 2.24) is 5.32 Å². The van der Waals surface area contributed by atoms with E-state index in [1.165, 1.54) is 11.1 Å². The molecule has 0 fully saturated rings. The minimum absolute atomic E-state index is 0.146. The zero-order valence-corrected chi connectivity index (χ0v) is 11.1. The van der Waals surface area contributed by atoms with Gasteiger partial charge in [-0.25, -0.2) is 0 Å². The Morgan fingerprint density at radius 2 is 2.00 bits per heavy atom. The van der Waals surface area contributed by atoms with Crippen LogP contribution in [-0.2, 0) is 6.42 Å². The molecule has 2 aromatic rings. The number of fused-ring (bicyclic) bond motifs is 1. The van der Waals surface area contributed by atoms with Gasteiger partial charge in [0, 0.05) is 23.8 Å². The first-order valence-corrected chi connectivity index (χ1v) is 6.66. The summed E-state index contributed by atoms with van der Waals surface area (Å²) in [6.07, 6.45) is 1.02. The number of benzene rings is 2. The predicted octanol–water partition coefficient (Wildman–Crippen LogP) is 1.92.